The van der Waals surface area contributed by atoms with Crippen LogP contribution in [0, 0.1) is 18.3 Å². The van der Waals surface area contributed by atoms with E-state index >= 15 is 0 Å². The fourth-order valence-electron chi connectivity index (χ4n) is 4.67. The van der Waals surface area contributed by atoms with Gasteiger partial charge in [0.15, 0.2) is 17.3 Å². The topological polar surface area (TPSA) is 96.6 Å². The van der Waals surface area contributed by atoms with E-state index in [-0.39, 0.29) is 18.0 Å². The molecule has 3 aliphatic rings. The van der Waals surface area contributed by atoms with Crippen molar-refractivity contribution < 1.29 is 19.0 Å². The number of aryl methyl sites for hydroxylation is 1. The summed E-state index contributed by atoms with van der Waals surface area (Å²) in [7, 11) is 1.52. The lowest BCUT2D eigenvalue weighted by Gasteiger charge is -2.20. The number of para-hydroxylation sites is 1. The molecule has 1 aliphatic carbocycles. The van der Waals surface area contributed by atoms with E-state index in [1.807, 2.05) is 31.2 Å². The van der Waals surface area contributed by atoms with Gasteiger partial charge in [-0.2, -0.15) is 15.1 Å². The number of halogens is 1. The van der Waals surface area contributed by atoms with Gasteiger partial charge >= 0.3 is 0 Å². The van der Waals surface area contributed by atoms with Crippen molar-refractivity contribution in [3.05, 3.63) is 58.1 Å². The standard InChI is InChI=1S/C28H29ClN4O4S/c1-17-8-6-7-11-22(17)36-12-13-37-24-21(29)15-18(16-23(24)35-2)14-20-25(30)33-28(31-26(20)34)38-27(32-33)19-9-4-3-5-10-19/h6-8,11,14-16,19,30H,3-5,9-10,12-13H2,1-2H3/b20-14-,30-25?. The molecule has 1 fully saturated rings. The fraction of sp³-hybridized carbons (Fsp3) is 0.357. The maximum atomic E-state index is 12.9. The van der Waals surface area contributed by atoms with Gasteiger partial charge in [0, 0.05) is 5.92 Å². The third-order valence-electron chi connectivity index (χ3n) is 6.67. The molecule has 0 spiro atoms. The molecule has 1 amide bonds. The first-order valence-corrected chi connectivity index (χ1v) is 13.8. The van der Waals surface area contributed by atoms with Gasteiger partial charge in [-0.15, -0.1) is 0 Å². The monoisotopic (exact) mass is 552 g/mol. The molecule has 1 saturated carbocycles. The van der Waals surface area contributed by atoms with Crippen LogP contribution < -0.4 is 14.2 Å². The number of carbonyl (C=O) groups is 1. The summed E-state index contributed by atoms with van der Waals surface area (Å²) in [5.41, 5.74) is 1.77. The van der Waals surface area contributed by atoms with Crippen LogP contribution in [0.4, 0.5) is 0 Å². The maximum Gasteiger partial charge on any atom is 0.283 e. The first-order valence-electron chi connectivity index (χ1n) is 12.6. The Balaban J connectivity index is 1.30. The summed E-state index contributed by atoms with van der Waals surface area (Å²) in [4.78, 5) is 17.1. The van der Waals surface area contributed by atoms with Gasteiger partial charge in [0.2, 0.25) is 5.17 Å². The minimum absolute atomic E-state index is 0.00193. The lowest BCUT2D eigenvalue weighted by atomic mass is 9.90. The molecule has 0 saturated heterocycles. The van der Waals surface area contributed by atoms with Gasteiger partial charge in [-0.1, -0.05) is 49.1 Å². The lowest BCUT2D eigenvalue weighted by Crippen LogP contribution is -2.35. The molecule has 5 rings (SSSR count). The molecule has 2 aromatic rings. The van der Waals surface area contributed by atoms with Crippen molar-refractivity contribution in [3.63, 3.8) is 0 Å². The van der Waals surface area contributed by atoms with Gasteiger partial charge in [-0.3, -0.25) is 10.2 Å². The summed E-state index contributed by atoms with van der Waals surface area (Å²) in [6.07, 6.45) is 7.37. The molecule has 2 heterocycles. The highest BCUT2D eigenvalue weighted by molar-refractivity contribution is 8.27. The summed E-state index contributed by atoms with van der Waals surface area (Å²) in [5, 5.41) is 16.5. The lowest BCUT2D eigenvalue weighted by molar-refractivity contribution is -0.114. The molecule has 0 bridgehead atoms. The van der Waals surface area contributed by atoms with Gasteiger partial charge < -0.3 is 14.2 Å². The van der Waals surface area contributed by atoms with E-state index in [4.69, 9.17) is 31.2 Å². The Morgan fingerprint density at radius 2 is 1.89 bits per heavy atom. The SMILES string of the molecule is COc1cc(/C=C2/C(=N)N3N=C(C4CCCCC4)SC3=NC2=O)cc(Cl)c1OCCOc1ccccc1C. The van der Waals surface area contributed by atoms with E-state index < -0.39 is 5.91 Å². The highest BCUT2D eigenvalue weighted by atomic mass is 35.5. The Morgan fingerprint density at radius 3 is 2.66 bits per heavy atom. The smallest absolute Gasteiger partial charge is 0.283 e. The zero-order chi connectivity index (χ0) is 26.6. The Labute approximate surface area is 231 Å². The van der Waals surface area contributed by atoms with Crippen molar-refractivity contribution >= 4 is 51.4 Å². The molecule has 0 unspecified atom stereocenters. The van der Waals surface area contributed by atoms with Crippen LogP contribution in [0.25, 0.3) is 6.08 Å². The number of aliphatic imine (C=N–C) groups is 1. The van der Waals surface area contributed by atoms with Crippen LogP contribution in [0.5, 0.6) is 17.2 Å². The molecule has 10 heteroatoms. The van der Waals surface area contributed by atoms with E-state index in [0.717, 1.165) is 29.2 Å². The maximum absolute atomic E-state index is 12.9. The van der Waals surface area contributed by atoms with Crippen molar-refractivity contribution in [3.8, 4) is 17.2 Å². The second-order valence-corrected chi connectivity index (χ2v) is 10.7. The van der Waals surface area contributed by atoms with Crippen LogP contribution in [-0.2, 0) is 4.79 Å². The summed E-state index contributed by atoms with van der Waals surface area (Å²) < 4.78 is 17.2. The van der Waals surface area contributed by atoms with Crippen molar-refractivity contribution in [1.82, 2.24) is 5.01 Å². The molecule has 1 N–H and O–H groups in total. The van der Waals surface area contributed by atoms with Crippen molar-refractivity contribution in [1.29, 1.82) is 5.41 Å². The van der Waals surface area contributed by atoms with Gasteiger partial charge in [-0.05, 0) is 66.9 Å². The van der Waals surface area contributed by atoms with E-state index in [1.165, 1.54) is 43.1 Å². The quantitative estimate of drug-likeness (QED) is 0.304. The number of nitrogens with zero attached hydrogens (tertiary/aromatic N) is 3. The summed E-state index contributed by atoms with van der Waals surface area (Å²) in [6, 6.07) is 11.2. The Bertz CT molecular complexity index is 1350. The normalized spacial score (nSPS) is 18.8. The van der Waals surface area contributed by atoms with Crippen LogP contribution in [0.15, 0.2) is 52.1 Å². The number of ether oxygens (including phenoxy) is 3. The average Bonchev–Trinajstić information content (AvgIpc) is 3.35. The van der Waals surface area contributed by atoms with Gasteiger partial charge in [0.05, 0.1) is 17.7 Å². The highest BCUT2D eigenvalue weighted by Gasteiger charge is 2.38. The van der Waals surface area contributed by atoms with Crippen molar-refractivity contribution in [2.24, 2.45) is 16.0 Å². The number of hydrazone groups is 1. The largest absolute Gasteiger partial charge is 0.493 e. The Hall–Kier alpha value is -3.30. The second-order valence-electron chi connectivity index (χ2n) is 9.29. The van der Waals surface area contributed by atoms with Crippen LogP contribution in [0.1, 0.15) is 43.2 Å². The molecular formula is C28H29ClN4O4S. The van der Waals surface area contributed by atoms with Crippen LogP contribution in [0.3, 0.4) is 0 Å². The van der Waals surface area contributed by atoms with E-state index in [1.54, 1.807) is 18.2 Å². The third-order valence-corrected chi connectivity index (χ3v) is 8.02. The number of thioether (sulfide) groups is 1. The molecule has 0 aromatic heterocycles. The van der Waals surface area contributed by atoms with Gasteiger partial charge in [0.1, 0.15) is 24.0 Å². The second kappa shape index (κ2) is 11.6. The molecule has 2 aliphatic heterocycles. The first kappa shape index (κ1) is 26.3. The highest BCUT2D eigenvalue weighted by Crippen LogP contribution is 2.39. The van der Waals surface area contributed by atoms with Crippen LogP contribution in [-0.4, -0.2) is 47.3 Å². The predicted molar refractivity (Wildman–Crippen MR) is 152 cm³/mol. The first-order chi connectivity index (χ1) is 18.4. The van der Waals surface area contributed by atoms with E-state index in [9.17, 15) is 4.79 Å². The summed E-state index contributed by atoms with van der Waals surface area (Å²) in [6.45, 7) is 2.58. The number of nitrogens with one attached hydrogen (secondary N) is 1. The average molecular weight is 553 g/mol. The molecule has 8 nitrogen and oxygen atoms in total. The number of rotatable bonds is 8. The van der Waals surface area contributed by atoms with Crippen LogP contribution in [0.2, 0.25) is 5.02 Å². The number of carbonyl (C=O) groups excluding carboxylic acids is 1. The Morgan fingerprint density at radius 1 is 1.13 bits per heavy atom. The number of amides is 1. The predicted octanol–water partition coefficient (Wildman–Crippen LogP) is 6.31. The molecule has 2 aromatic carbocycles. The number of fused-ring (bicyclic) bond motifs is 1. The molecule has 38 heavy (non-hydrogen) atoms. The number of methoxy groups -OCH3 is 1. The molecule has 0 atom stereocenters. The zero-order valence-corrected chi connectivity index (χ0v) is 22.9. The minimum Gasteiger partial charge on any atom is -0.493 e. The fourth-order valence-corrected chi connectivity index (χ4v) is 6.00. The number of benzene rings is 2. The molecular weight excluding hydrogens is 524 g/mol. The number of hydrogen-bond acceptors (Lipinski definition) is 7. The van der Waals surface area contributed by atoms with Crippen molar-refractivity contribution in [2.75, 3.05) is 20.3 Å². The van der Waals surface area contributed by atoms with E-state index in [0.29, 0.717) is 39.8 Å². The summed E-state index contributed by atoms with van der Waals surface area (Å²) >= 11 is 7.95. The number of amidine groups is 2. The van der Waals surface area contributed by atoms with Crippen LogP contribution >= 0.6 is 23.4 Å². The molecule has 198 valence electrons. The zero-order valence-electron chi connectivity index (χ0n) is 21.3. The molecule has 0 radical (unpaired) electrons. The summed E-state index contributed by atoms with van der Waals surface area (Å²) in [5.74, 6) is 1.49. The van der Waals surface area contributed by atoms with Gasteiger partial charge in [-0.25, -0.2) is 0 Å². The third kappa shape index (κ3) is 5.59. The van der Waals surface area contributed by atoms with Gasteiger partial charge in [0.25, 0.3) is 5.91 Å². The number of hydrogen-bond donors (Lipinski definition) is 1. The Kier molecular flexibility index (Phi) is 8.04. The van der Waals surface area contributed by atoms with E-state index in [2.05, 4.69) is 10.1 Å². The minimum atomic E-state index is -0.474. The van der Waals surface area contributed by atoms with Crippen molar-refractivity contribution in [2.45, 2.75) is 39.0 Å².